The van der Waals surface area contributed by atoms with E-state index in [0.29, 0.717) is 5.57 Å². The summed E-state index contributed by atoms with van der Waals surface area (Å²) in [6, 6.07) is 9.61. The van der Waals surface area contributed by atoms with Crippen LogP contribution in [0.1, 0.15) is 33.3 Å². The number of carbonyl (C=O) groups excluding carboxylic acids is 1. The van der Waals surface area contributed by atoms with Gasteiger partial charge in [-0.3, -0.25) is 4.79 Å². The second kappa shape index (κ2) is 4.04. The van der Waals surface area contributed by atoms with Crippen LogP contribution in [-0.2, 0) is 10.0 Å². The fourth-order valence-corrected chi connectivity index (χ4v) is 2.47. The molecule has 0 amide bonds. The van der Waals surface area contributed by atoms with Gasteiger partial charge in [-0.2, -0.15) is 0 Å². The maximum absolute atomic E-state index is 12.3. The molecule has 0 saturated carbocycles. The molecule has 3 heteroatoms. The largest absolute Gasteiger partial charge is 0.292 e. The van der Waals surface area contributed by atoms with E-state index in [1.165, 1.54) is 0 Å². The molecule has 0 N–H and O–H groups in total. The number of carbonyl (C=O) groups is 1. The third-order valence-electron chi connectivity index (χ3n) is 3.59. The second-order valence-electron chi connectivity index (χ2n) is 5.71. The van der Waals surface area contributed by atoms with Gasteiger partial charge in [0.2, 0.25) is 0 Å². The van der Waals surface area contributed by atoms with Crippen molar-refractivity contribution in [2.45, 2.75) is 38.8 Å². The Morgan fingerprint density at radius 3 is 2.00 bits per heavy atom. The fourth-order valence-electron chi connectivity index (χ4n) is 2.47. The number of benzene rings is 1. The smallest absolute Gasteiger partial charge is 0.182 e. The van der Waals surface area contributed by atoms with Gasteiger partial charge in [0.25, 0.3) is 0 Å². The van der Waals surface area contributed by atoms with Gasteiger partial charge < -0.3 is 0 Å². The first-order valence-corrected chi connectivity index (χ1v) is 6.07. The highest BCUT2D eigenvalue weighted by Gasteiger charge is 2.55. The Hall–Kier alpha value is -1.45. The molecule has 0 aliphatic carbocycles. The topological polar surface area (TPSA) is 40.2 Å². The third kappa shape index (κ3) is 1.80. The van der Waals surface area contributed by atoms with Gasteiger partial charge in [-0.15, -0.1) is 10.3 Å². The Bertz CT molecular complexity index is 500. The van der Waals surface area contributed by atoms with Gasteiger partial charge in [0.1, 0.15) is 5.54 Å². The first-order valence-electron chi connectivity index (χ1n) is 6.07. The van der Waals surface area contributed by atoms with Crippen LogP contribution in [0.25, 0.3) is 6.08 Å². The fraction of sp³-hybridized carbons (Fsp3) is 0.400. The molecule has 1 fully saturated rings. The van der Waals surface area contributed by atoms with Crippen LogP contribution in [0.15, 0.2) is 35.9 Å². The molecule has 0 bridgehead atoms. The van der Waals surface area contributed by atoms with Crippen LogP contribution in [0.5, 0.6) is 0 Å². The highest BCUT2D eigenvalue weighted by molar-refractivity contribution is 6.09. The van der Waals surface area contributed by atoms with Gasteiger partial charge in [0.05, 0.1) is 5.54 Å². The third-order valence-corrected chi connectivity index (χ3v) is 3.59. The molecular weight excluding hydrogens is 226 g/mol. The summed E-state index contributed by atoms with van der Waals surface area (Å²) in [5.74, 6) is -0.0913. The number of ketones is 1. The lowest BCUT2D eigenvalue weighted by Crippen LogP contribution is -2.46. The predicted octanol–water partition coefficient (Wildman–Crippen LogP) is 2.86. The molecule has 18 heavy (non-hydrogen) atoms. The maximum Gasteiger partial charge on any atom is 0.182 e. The maximum atomic E-state index is 12.3. The van der Waals surface area contributed by atoms with Crippen LogP contribution in [0.2, 0.25) is 0 Å². The number of hydrogen-bond donors (Lipinski definition) is 0. The zero-order valence-electron chi connectivity index (χ0n) is 11.2. The number of hydrogen-bond acceptors (Lipinski definition) is 2. The van der Waals surface area contributed by atoms with E-state index >= 15 is 0 Å². The van der Waals surface area contributed by atoms with Crippen LogP contribution in [0.3, 0.4) is 0 Å². The van der Waals surface area contributed by atoms with Gasteiger partial charge in [-0.1, -0.05) is 30.3 Å². The second-order valence-corrected chi connectivity index (χ2v) is 5.71. The number of rotatable bonds is 1. The zero-order chi connectivity index (χ0) is 13.6. The summed E-state index contributed by atoms with van der Waals surface area (Å²) in [6.45, 7) is 6.94. The molecule has 0 unspecified atom stereocenters. The molecule has 1 saturated heterocycles. The molecule has 0 spiro atoms. The highest BCUT2D eigenvalue weighted by Crippen LogP contribution is 2.41. The van der Waals surface area contributed by atoms with Crippen LogP contribution in [0.4, 0.5) is 0 Å². The molecule has 0 atom stereocenters. The van der Waals surface area contributed by atoms with Crippen LogP contribution < -0.4 is 0 Å². The summed E-state index contributed by atoms with van der Waals surface area (Å²) < 4.78 is 0. The Morgan fingerprint density at radius 2 is 1.56 bits per heavy atom. The van der Waals surface area contributed by atoms with Gasteiger partial charge in [0, 0.05) is 5.57 Å². The van der Waals surface area contributed by atoms with E-state index in [4.69, 9.17) is 0 Å². The summed E-state index contributed by atoms with van der Waals surface area (Å²) >= 11 is 0. The summed E-state index contributed by atoms with van der Waals surface area (Å²) in [5, 5.41) is 13.1. The van der Waals surface area contributed by atoms with E-state index < -0.39 is 11.1 Å². The van der Waals surface area contributed by atoms with Gasteiger partial charge in [0.15, 0.2) is 5.78 Å². The SMILES string of the molecule is CC1(C)C(=O)C(=Cc2ccccc2)C(C)(C)N1[O]. The molecule has 1 aliphatic heterocycles. The van der Waals surface area contributed by atoms with Gasteiger partial charge in [-0.25, -0.2) is 0 Å². The standard InChI is InChI=1S/C15H18NO2/c1-14(2)12(10-11-8-6-5-7-9-11)13(17)15(3,4)16(14)18/h5-10H,1-4H3. The summed E-state index contributed by atoms with van der Waals surface area (Å²) in [7, 11) is 0. The summed E-state index contributed by atoms with van der Waals surface area (Å²) in [6.07, 6.45) is 1.82. The normalized spacial score (nSPS) is 24.7. The van der Waals surface area contributed by atoms with Crippen molar-refractivity contribution >= 4 is 11.9 Å². The van der Waals surface area contributed by atoms with Gasteiger partial charge in [-0.05, 0) is 39.3 Å². The molecule has 1 aliphatic rings. The molecule has 2 rings (SSSR count). The number of hydroxylamine groups is 2. The Labute approximate surface area is 108 Å². The van der Waals surface area contributed by atoms with Crippen molar-refractivity contribution < 1.29 is 10.0 Å². The predicted molar refractivity (Wildman–Crippen MR) is 70.1 cm³/mol. The van der Waals surface area contributed by atoms with E-state index in [9.17, 15) is 10.0 Å². The lowest BCUT2D eigenvalue weighted by atomic mass is 9.91. The average Bonchev–Trinajstić information content (AvgIpc) is 2.44. The summed E-state index contributed by atoms with van der Waals surface area (Å²) in [4.78, 5) is 12.3. The van der Waals surface area contributed by atoms with Crippen molar-refractivity contribution in [3.8, 4) is 0 Å². The monoisotopic (exact) mass is 244 g/mol. The lowest BCUT2D eigenvalue weighted by molar-refractivity contribution is -0.237. The molecule has 1 aromatic rings. The van der Waals surface area contributed by atoms with Crippen LogP contribution in [0, 0.1) is 0 Å². The van der Waals surface area contributed by atoms with Crippen molar-refractivity contribution in [2.24, 2.45) is 0 Å². The molecule has 0 aromatic heterocycles. The van der Waals surface area contributed by atoms with Gasteiger partial charge >= 0.3 is 0 Å². The molecule has 1 radical (unpaired) electrons. The quantitative estimate of drug-likeness (QED) is 0.713. The zero-order valence-corrected chi connectivity index (χ0v) is 11.2. The van der Waals surface area contributed by atoms with E-state index in [1.807, 2.05) is 36.4 Å². The highest BCUT2D eigenvalue weighted by atomic mass is 16.5. The minimum Gasteiger partial charge on any atom is -0.292 e. The van der Waals surface area contributed by atoms with Crippen molar-refractivity contribution in [3.05, 3.63) is 41.5 Å². The molecular formula is C15H18NO2. The Morgan fingerprint density at radius 1 is 1.00 bits per heavy atom. The van der Waals surface area contributed by atoms with Crippen molar-refractivity contribution in [1.82, 2.24) is 5.06 Å². The molecule has 1 aromatic carbocycles. The lowest BCUT2D eigenvalue weighted by Gasteiger charge is -2.29. The van der Waals surface area contributed by atoms with Crippen molar-refractivity contribution in [3.63, 3.8) is 0 Å². The molecule has 95 valence electrons. The van der Waals surface area contributed by atoms with E-state index in [0.717, 1.165) is 10.6 Å². The Kier molecular flexibility index (Phi) is 2.92. The molecule has 1 heterocycles. The first-order chi connectivity index (χ1) is 8.28. The minimum absolute atomic E-state index is 0.0913. The van der Waals surface area contributed by atoms with E-state index in [1.54, 1.807) is 27.7 Å². The molecule has 3 nitrogen and oxygen atoms in total. The Balaban J connectivity index is 2.51. The van der Waals surface area contributed by atoms with E-state index in [-0.39, 0.29) is 5.78 Å². The van der Waals surface area contributed by atoms with Crippen molar-refractivity contribution in [2.75, 3.05) is 0 Å². The first kappa shape index (κ1) is 13.0. The minimum atomic E-state index is -0.982. The number of nitrogens with zero attached hydrogens (tertiary/aromatic N) is 1. The number of Topliss-reactive ketones (excluding diaryl/α,β-unsaturated/α-hetero) is 1. The van der Waals surface area contributed by atoms with Crippen LogP contribution >= 0.6 is 0 Å². The van der Waals surface area contributed by atoms with Crippen LogP contribution in [-0.4, -0.2) is 21.9 Å². The average molecular weight is 244 g/mol. The van der Waals surface area contributed by atoms with E-state index in [2.05, 4.69) is 0 Å². The van der Waals surface area contributed by atoms with Crippen molar-refractivity contribution in [1.29, 1.82) is 0 Å². The summed E-state index contributed by atoms with van der Waals surface area (Å²) in [5.41, 5.74) is -0.241.